The monoisotopic (exact) mass is 380 g/mol. The summed E-state index contributed by atoms with van der Waals surface area (Å²) in [6.07, 6.45) is -0.838. The minimum absolute atomic E-state index is 0.0299. The predicted molar refractivity (Wildman–Crippen MR) is 94.4 cm³/mol. The van der Waals surface area contributed by atoms with Crippen molar-refractivity contribution >= 4 is 23.9 Å². The predicted octanol–water partition coefficient (Wildman–Crippen LogP) is 0.914. The molecule has 0 spiro atoms. The lowest BCUT2D eigenvalue weighted by Gasteiger charge is -2.16. The van der Waals surface area contributed by atoms with Gasteiger partial charge in [-0.3, -0.25) is 4.79 Å². The number of nitrogens with one attached hydrogen (secondary N) is 2. The fraction of sp³-hybridized carbons (Fsp3) is 0.444. The summed E-state index contributed by atoms with van der Waals surface area (Å²) in [5.74, 6) is -2.43. The maximum absolute atomic E-state index is 11.9. The van der Waals surface area contributed by atoms with E-state index < -0.39 is 30.0 Å². The van der Waals surface area contributed by atoms with Gasteiger partial charge < -0.3 is 24.8 Å². The molecule has 0 aliphatic heterocycles. The molecule has 1 rings (SSSR count). The Bertz CT molecular complexity index is 616. The van der Waals surface area contributed by atoms with Gasteiger partial charge in [0.2, 0.25) is 11.9 Å². The van der Waals surface area contributed by atoms with E-state index in [2.05, 4.69) is 10.6 Å². The molecule has 0 aromatic heterocycles. The summed E-state index contributed by atoms with van der Waals surface area (Å²) in [5.41, 5.74) is 0.831. The first-order valence-electron chi connectivity index (χ1n) is 8.55. The molecule has 2 amide bonds. The van der Waals surface area contributed by atoms with Crippen LogP contribution in [0.2, 0.25) is 0 Å². The fourth-order valence-corrected chi connectivity index (χ4v) is 1.95. The van der Waals surface area contributed by atoms with E-state index >= 15 is 0 Å². The zero-order chi connectivity index (χ0) is 20.1. The molecule has 0 unspecified atom stereocenters. The molecule has 0 bridgehead atoms. The van der Waals surface area contributed by atoms with Gasteiger partial charge in [-0.05, 0) is 19.4 Å². The van der Waals surface area contributed by atoms with Gasteiger partial charge in [0.05, 0.1) is 13.2 Å². The van der Waals surface area contributed by atoms with Gasteiger partial charge >= 0.3 is 18.0 Å². The third kappa shape index (κ3) is 8.70. The lowest BCUT2D eigenvalue weighted by Crippen LogP contribution is -2.48. The molecule has 27 heavy (non-hydrogen) atoms. The van der Waals surface area contributed by atoms with E-state index in [0.717, 1.165) is 5.56 Å². The molecule has 9 heteroatoms. The van der Waals surface area contributed by atoms with E-state index in [9.17, 15) is 19.2 Å². The van der Waals surface area contributed by atoms with Crippen LogP contribution in [0.4, 0.5) is 4.79 Å². The molecule has 0 fully saturated rings. The summed E-state index contributed by atoms with van der Waals surface area (Å²) in [4.78, 5) is 47.0. The van der Waals surface area contributed by atoms with Crippen molar-refractivity contribution in [3.63, 3.8) is 0 Å². The Balaban J connectivity index is 2.37. The third-order valence-corrected chi connectivity index (χ3v) is 3.18. The highest BCUT2D eigenvalue weighted by Crippen LogP contribution is 2.00. The number of carbonyl (C=O) groups excluding carboxylic acids is 4. The van der Waals surface area contributed by atoms with Crippen LogP contribution in [0.15, 0.2) is 30.3 Å². The van der Waals surface area contributed by atoms with Gasteiger partial charge in [-0.25, -0.2) is 14.4 Å². The normalized spacial score (nSPS) is 10.0. The molecule has 0 saturated heterocycles. The molecule has 1 aromatic rings. The van der Waals surface area contributed by atoms with Gasteiger partial charge in [0.25, 0.3) is 0 Å². The highest BCUT2D eigenvalue weighted by Gasteiger charge is 2.31. The van der Waals surface area contributed by atoms with Gasteiger partial charge in [-0.2, -0.15) is 0 Å². The topological polar surface area (TPSA) is 120 Å². The van der Waals surface area contributed by atoms with Crippen molar-refractivity contribution in [1.29, 1.82) is 0 Å². The minimum Gasteiger partial charge on any atom is -0.464 e. The van der Waals surface area contributed by atoms with Crippen LogP contribution in [-0.4, -0.2) is 49.7 Å². The van der Waals surface area contributed by atoms with Crippen LogP contribution in [0.5, 0.6) is 0 Å². The average Bonchev–Trinajstić information content (AvgIpc) is 2.65. The second kappa shape index (κ2) is 12.3. The number of hydrogen-bond donors (Lipinski definition) is 2. The summed E-state index contributed by atoms with van der Waals surface area (Å²) >= 11 is 0. The van der Waals surface area contributed by atoms with Crippen LogP contribution in [0, 0.1) is 0 Å². The maximum atomic E-state index is 11.9. The maximum Gasteiger partial charge on any atom is 0.407 e. The molecular formula is C18H24N2O7. The van der Waals surface area contributed by atoms with Crippen molar-refractivity contribution in [2.75, 3.05) is 19.8 Å². The van der Waals surface area contributed by atoms with Crippen molar-refractivity contribution in [2.45, 2.75) is 32.9 Å². The first-order valence-corrected chi connectivity index (χ1v) is 8.55. The van der Waals surface area contributed by atoms with E-state index in [1.54, 1.807) is 13.8 Å². The fourth-order valence-electron chi connectivity index (χ4n) is 1.95. The van der Waals surface area contributed by atoms with Crippen LogP contribution >= 0.6 is 0 Å². The van der Waals surface area contributed by atoms with Gasteiger partial charge in [-0.1, -0.05) is 30.3 Å². The molecule has 2 N–H and O–H groups in total. The number of carbonyl (C=O) groups is 4. The molecule has 0 aliphatic carbocycles. The van der Waals surface area contributed by atoms with E-state index in [1.165, 1.54) is 0 Å². The van der Waals surface area contributed by atoms with E-state index in [4.69, 9.17) is 14.2 Å². The smallest absolute Gasteiger partial charge is 0.407 e. The Morgan fingerprint density at radius 2 is 1.52 bits per heavy atom. The Kier molecular flexibility index (Phi) is 9.98. The van der Waals surface area contributed by atoms with Crippen molar-refractivity contribution in [2.24, 2.45) is 0 Å². The standard InChI is InChI=1S/C18H24N2O7/c1-3-25-16(22)15(17(23)26-4-2)20-14(21)10-11-19-18(24)27-12-13-8-6-5-7-9-13/h5-9,15H,3-4,10-12H2,1-2H3,(H,19,24)(H,20,21). The van der Waals surface area contributed by atoms with Gasteiger partial charge in [0, 0.05) is 13.0 Å². The summed E-state index contributed by atoms with van der Waals surface area (Å²) < 4.78 is 14.5. The first kappa shape index (κ1) is 21.9. The van der Waals surface area contributed by atoms with Gasteiger partial charge in [-0.15, -0.1) is 0 Å². The Hall–Kier alpha value is -3.10. The van der Waals surface area contributed by atoms with Crippen molar-refractivity contribution in [1.82, 2.24) is 10.6 Å². The molecule has 9 nitrogen and oxygen atoms in total. The van der Waals surface area contributed by atoms with E-state index in [1.807, 2.05) is 30.3 Å². The summed E-state index contributed by atoms with van der Waals surface area (Å²) in [6.45, 7) is 3.34. The molecule has 0 heterocycles. The number of rotatable bonds is 10. The number of alkyl carbamates (subject to hydrolysis) is 1. The molecule has 0 atom stereocenters. The van der Waals surface area contributed by atoms with Crippen LogP contribution in [0.1, 0.15) is 25.8 Å². The molecule has 0 radical (unpaired) electrons. The highest BCUT2D eigenvalue weighted by atomic mass is 16.6. The zero-order valence-corrected chi connectivity index (χ0v) is 15.4. The molecule has 0 saturated carbocycles. The van der Waals surface area contributed by atoms with Crippen molar-refractivity contribution in [3.05, 3.63) is 35.9 Å². The van der Waals surface area contributed by atoms with Crippen LogP contribution in [0.25, 0.3) is 0 Å². The first-order chi connectivity index (χ1) is 13.0. The Labute approximate surface area is 157 Å². The van der Waals surface area contributed by atoms with Crippen LogP contribution < -0.4 is 10.6 Å². The van der Waals surface area contributed by atoms with E-state index in [0.29, 0.717) is 0 Å². The number of benzene rings is 1. The zero-order valence-electron chi connectivity index (χ0n) is 15.4. The second-order valence-corrected chi connectivity index (χ2v) is 5.24. The summed E-state index contributed by atoms with van der Waals surface area (Å²) in [7, 11) is 0. The Morgan fingerprint density at radius 3 is 2.07 bits per heavy atom. The Morgan fingerprint density at radius 1 is 0.926 bits per heavy atom. The largest absolute Gasteiger partial charge is 0.464 e. The number of amides is 2. The second-order valence-electron chi connectivity index (χ2n) is 5.24. The van der Waals surface area contributed by atoms with Crippen molar-refractivity contribution < 1.29 is 33.4 Å². The highest BCUT2D eigenvalue weighted by molar-refractivity contribution is 6.02. The molecule has 0 aliphatic rings. The van der Waals surface area contributed by atoms with Crippen molar-refractivity contribution in [3.8, 4) is 0 Å². The summed E-state index contributed by atoms with van der Waals surface area (Å²) in [5, 5.41) is 4.65. The van der Waals surface area contributed by atoms with Gasteiger partial charge in [0.1, 0.15) is 6.61 Å². The third-order valence-electron chi connectivity index (χ3n) is 3.18. The van der Waals surface area contributed by atoms with Gasteiger partial charge in [0.15, 0.2) is 0 Å². The minimum atomic E-state index is -1.54. The quantitative estimate of drug-likeness (QED) is 0.352. The molecule has 1 aromatic carbocycles. The van der Waals surface area contributed by atoms with Crippen LogP contribution in [0.3, 0.4) is 0 Å². The van der Waals surface area contributed by atoms with Crippen LogP contribution in [-0.2, 0) is 35.2 Å². The lowest BCUT2D eigenvalue weighted by molar-refractivity contribution is -0.159. The average molecular weight is 380 g/mol. The molecule has 148 valence electrons. The molecular weight excluding hydrogens is 356 g/mol. The number of hydrogen-bond acceptors (Lipinski definition) is 7. The summed E-state index contributed by atoms with van der Waals surface area (Å²) in [6, 6.07) is 7.58. The SMILES string of the molecule is CCOC(=O)C(NC(=O)CCNC(=O)OCc1ccccc1)C(=O)OCC. The number of ether oxygens (including phenoxy) is 3. The number of esters is 2. The van der Waals surface area contributed by atoms with E-state index in [-0.39, 0.29) is 32.8 Å². The lowest BCUT2D eigenvalue weighted by atomic mass is 10.2.